The van der Waals surface area contributed by atoms with Crippen molar-refractivity contribution in [3.05, 3.63) is 54.2 Å². The second-order valence-electron chi connectivity index (χ2n) is 6.18. The Kier molecular flexibility index (Phi) is 4.31. The van der Waals surface area contributed by atoms with E-state index in [1.807, 2.05) is 22.4 Å². The van der Waals surface area contributed by atoms with Crippen LogP contribution in [-0.4, -0.2) is 34.4 Å². The maximum atomic E-state index is 13.0. The number of aliphatic hydroxyl groups is 1. The summed E-state index contributed by atoms with van der Waals surface area (Å²) in [5.41, 5.74) is 2.12. The molecule has 1 N–H and O–H groups in total. The normalized spacial score (nSPS) is 11.8. The molecule has 5 rings (SSSR count). The Bertz CT molecular complexity index is 1340. The Hall–Kier alpha value is -2.47. The van der Waals surface area contributed by atoms with Crippen molar-refractivity contribution in [2.24, 2.45) is 7.05 Å². The maximum Gasteiger partial charge on any atom is 0.291 e. The van der Waals surface area contributed by atoms with E-state index in [-0.39, 0.29) is 12.2 Å². The van der Waals surface area contributed by atoms with Crippen LogP contribution in [0.3, 0.4) is 0 Å². The smallest absolute Gasteiger partial charge is 0.291 e. The van der Waals surface area contributed by atoms with E-state index in [4.69, 9.17) is 4.98 Å². The molecule has 28 heavy (non-hydrogen) atoms. The van der Waals surface area contributed by atoms with Crippen molar-refractivity contribution in [2.75, 3.05) is 0 Å². The highest BCUT2D eigenvalue weighted by molar-refractivity contribution is 7.19. The van der Waals surface area contributed by atoms with Gasteiger partial charge in [-0.25, -0.2) is 19.6 Å². The lowest BCUT2D eigenvalue weighted by molar-refractivity contribution is 0.281. The van der Waals surface area contributed by atoms with Gasteiger partial charge in [-0.3, -0.25) is 4.79 Å². The second kappa shape index (κ2) is 6.85. The van der Waals surface area contributed by atoms with E-state index in [2.05, 4.69) is 15.1 Å². The van der Waals surface area contributed by atoms with Crippen molar-refractivity contribution in [3.63, 3.8) is 0 Å². The summed E-state index contributed by atoms with van der Waals surface area (Å²) in [6.07, 6.45) is 4.06. The number of thiazole rings is 3. The Morgan fingerprint density at radius 3 is 2.82 bits per heavy atom. The number of hydrogen-bond donors (Lipinski definition) is 1. The first kappa shape index (κ1) is 17.6. The predicted octanol–water partition coefficient (Wildman–Crippen LogP) is 2.39. The van der Waals surface area contributed by atoms with Crippen LogP contribution in [0, 0.1) is 0 Å². The lowest BCUT2D eigenvalue weighted by Gasteiger charge is -2.03. The number of aromatic nitrogens is 6. The molecule has 0 spiro atoms. The summed E-state index contributed by atoms with van der Waals surface area (Å²) in [5, 5.41) is 20.6. The molecule has 8 nitrogen and oxygen atoms in total. The van der Waals surface area contributed by atoms with Crippen LogP contribution in [-0.2, 0) is 26.6 Å². The molecule has 5 aromatic rings. The monoisotopic (exact) mass is 430 g/mol. The van der Waals surface area contributed by atoms with Gasteiger partial charge < -0.3 is 9.67 Å². The van der Waals surface area contributed by atoms with Crippen LogP contribution in [0.2, 0.25) is 0 Å². The van der Waals surface area contributed by atoms with Crippen molar-refractivity contribution < 1.29 is 5.11 Å². The van der Waals surface area contributed by atoms with Crippen molar-refractivity contribution >= 4 is 55.3 Å². The van der Waals surface area contributed by atoms with Crippen LogP contribution in [0.4, 0.5) is 0 Å². The SMILES string of the molecule is Cn1c2nc(Cc3csc(CO)n3)sc2c2cnn(Cc3nccs3)c(=O)c21. The number of aryl methyl sites for hydroxylation is 1. The second-order valence-corrected chi connectivity index (χ2v) is 9.19. The van der Waals surface area contributed by atoms with Gasteiger partial charge >= 0.3 is 0 Å². The fourth-order valence-corrected chi connectivity index (χ4v) is 5.51. The Balaban J connectivity index is 1.56. The number of fused-ring (bicyclic) bond motifs is 3. The van der Waals surface area contributed by atoms with E-state index in [1.165, 1.54) is 27.4 Å². The average molecular weight is 431 g/mol. The van der Waals surface area contributed by atoms with Crippen LogP contribution in [0.5, 0.6) is 0 Å². The zero-order valence-corrected chi connectivity index (χ0v) is 17.1. The molecule has 0 atom stereocenters. The van der Waals surface area contributed by atoms with E-state index in [9.17, 15) is 9.90 Å². The molecule has 0 aliphatic heterocycles. The average Bonchev–Trinajstić information content (AvgIpc) is 3.46. The molecule has 5 heterocycles. The minimum absolute atomic E-state index is 0.0475. The summed E-state index contributed by atoms with van der Waals surface area (Å²) in [5.74, 6) is 0. The molecule has 0 radical (unpaired) electrons. The Morgan fingerprint density at radius 2 is 2.07 bits per heavy atom. The molecule has 0 amide bonds. The van der Waals surface area contributed by atoms with Crippen LogP contribution in [0.1, 0.15) is 20.7 Å². The summed E-state index contributed by atoms with van der Waals surface area (Å²) in [4.78, 5) is 26.3. The molecule has 142 valence electrons. The fraction of sp³-hybridized carbons (Fsp3) is 0.235. The third kappa shape index (κ3) is 2.87. The zero-order chi connectivity index (χ0) is 19.3. The van der Waals surface area contributed by atoms with Crippen LogP contribution in [0.25, 0.3) is 21.3 Å². The third-order valence-electron chi connectivity index (χ3n) is 4.41. The van der Waals surface area contributed by atoms with E-state index in [0.29, 0.717) is 23.5 Å². The quantitative estimate of drug-likeness (QED) is 0.460. The van der Waals surface area contributed by atoms with Gasteiger partial charge in [-0.05, 0) is 0 Å². The third-order valence-corrected chi connectivity index (χ3v) is 7.13. The molecule has 0 saturated carbocycles. The molecule has 11 heteroatoms. The van der Waals surface area contributed by atoms with Crippen molar-refractivity contribution in [1.29, 1.82) is 0 Å². The molecular weight excluding hydrogens is 416 g/mol. The fourth-order valence-electron chi connectivity index (χ4n) is 3.14. The van der Waals surface area contributed by atoms with Gasteiger partial charge in [0.2, 0.25) is 0 Å². The number of rotatable bonds is 5. The predicted molar refractivity (Wildman–Crippen MR) is 110 cm³/mol. The van der Waals surface area contributed by atoms with Gasteiger partial charge in [-0.1, -0.05) is 0 Å². The maximum absolute atomic E-state index is 13.0. The minimum atomic E-state index is -0.144. The van der Waals surface area contributed by atoms with Gasteiger partial charge in [0.1, 0.15) is 20.5 Å². The summed E-state index contributed by atoms with van der Waals surface area (Å²) in [6, 6.07) is 0. The van der Waals surface area contributed by atoms with Gasteiger partial charge in [0.25, 0.3) is 5.56 Å². The molecule has 0 aromatic carbocycles. The summed E-state index contributed by atoms with van der Waals surface area (Å²) in [7, 11) is 1.86. The van der Waals surface area contributed by atoms with Crippen molar-refractivity contribution in [3.8, 4) is 0 Å². The van der Waals surface area contributed by atoms with Crippen LogP contribution >= 0.6 is 34.0 Å². The number of nitrogens with zero attached hydrogens (tertiary/aromatic N) is 6. The van der Waals surface area contributed by atoms with E-state index >= 15 is 0 Å². The first-order chi connectivity index (χ1) is 13.6. The van der Waals surface area contributed by atoms with Gasteiger partial charge in [0.05, 0.1) is 29.7 Å². The van der Waals surface area contributed by atoms with E-state index < -0.39 is 0 Å². The first-order valence-corrected chi connectivity index (χ1v) is 11.0. The standard InChI is InChI=1S/C17H14N6O2S3/c1-22-14-10(5-19-23(17(14)25)6-12-18-2-3-26-12)15-16(22)21-11(28-15)4-9-8-27-13(7-24)20-9/h2-3,5,8,24H,4,6-7H2,1H3. The Morgan fingerprint density at radius 1 is 1.18 bits per heavy atom. The molecule has 0 fully saturated rings. The highest BCUT2D eigenvalue weighted by Gasteiger charge is 2.19. The first-order valence-electron chi connectivity index (χ1n) is 8.40. The number of hydrogen-bond acceptors (Lipinski definition) is 9. The largest absolute Gasteiger partial charge is 0.389 e. The van der Waals surface area contributed by atoms with Crippen LogP contribution < -0.4 is 5.56 Å². The van der Waals surface area contributed by atoms with E-state index in [0.717, 1.165) is 31.4 Å². The number of aliphatic hydroxyl groups excluding tert-OH is 1. The van der Waals surface area contributed by atoms with Crippen LogP contribution in [0.15, 0.2) is 27.9 Å². The topological polar surface area (TPSA) is 98.7 Å². The highest BCUT2D eigenvalue weighted by Crippen LogP contribution is 2.31. The van der Waals surface area contributed by atoms with E-state index in [1.54, 1.807) is 23.7 Å². The van der Waals surface area contributed by atoms with Gasteiger partial charge in [-0.2, -0.15) is 5.10 Å². The molecular formula is C17H14N6O2S3. The van der Waals surface area contributed by atoms with Gasteiger partial charge in [-0.15, -0.1) is 34.0 Å². The summed E-state index contributed by atoms with van der Waals surface area (Å²) < 4.78 is 4.24. The van der Waals surface area contributed by atoms with Crippen molar-refractivity contribution in [2.45, 2.75) is 19.6 Å². The minimum Gasteiger partial charge on any atom is -0.389 e. The Labute approximate surface area is 170 Å². The summed E-state index contributed by atoms with van der Waals surface area (Å²) in [6.45, 7) is 0.315. The molecule has 0 bridgehead atoms. The lowest BCUT2D eigenvalue weighted by Crippen LogP contribution is -2.24. The highest BCUT2D eigenvalue weighted by atomic mass is 32.1. The van der Waals surface area contributed by atoms with Gasteiger partial charge in [0, 0.05) is 35.8 Å². The zero-order valence-electron chi connectivity index (χ0n) is 14.7. The van der Waals surface area contributed by atoms with Gasteiger partial charge in [0.15, 0.2) is 5.65 Å². The lowest BCUT2D eigenvalue weighted by atomic mass is 10.3. The molecule has 0 saturated heterocycles. The summed E-state index contributed by atoms with van der Waals surface area (Å²) >= 11 is 4.49. The molecule has 0 aliphatic rings. The molecule has 0 aliphatic carbocycles. The molecule has 0 unspecified atom stereocenters. The molecule has 5 aromatic heterocycles. The van der Waals surface area contributed by atoms with Crippen molar-refractivity contribution in [1.82, 2.24) is 29.3 Å².